The maximum Gasteiger partial charge on any atom is 0.309 e. The monoisotopic (exact) mass is 319 g/mol. The fourth-order valence-electron chi connectivity index (χ4n) is 1.32. The van der Waals surface area contributed by atoms with Crippen LogP contribution in [-0.4, -0.2) is 38.2 Å². The van der Waals surface area contributed by atoms with Gasteiger partial charge in [-0.05, 0) is 32.4 Å². The van der Waals surface area contributed by atoms with Gasteiger partial charge in [-0.15, -0.1) is 11.3 Å². The predicted molar refractivity (Wildman–Crippen MR) is 75.8 cm³/mol. The zero-order valence-corrected chi connectivity index (χ0v) is 13.1. The summed E-state index contributed by atoms with van der Waals surface area (Å²) in [6.07, 6.45) is 1.37. The smallest absolute Gasteiger partial charge is 0.309 e. The van der Waals surface area contributed by atoms with Crippen LogP contribution in [0.2, 0.25) is 0 Å². The van der Waals surface area contributed by atoms with Crippen molar-refractivity contribution in [1.82, 2.24) is 5.32 Å². The van der Waals surface area contributed by atoms with Crippen molar-refractivity contribution in [1.29, 1.82) is 0 Å². The maximum atomic E-state index is 11.8. The molecule has 0 aromatic carbocycles. The maximum absolute atomic E-state index is 11.8. The lowest BCUT2D eigenvalue weighted by molar-refractivity contribution is -0.147. The molecule has 1 rings (SSSR count). The van der Waals surface area contributed by atoms with Crippen molar-refractivity contribution in [3.63, 3.8) is 0 Å². The molecule has 1 amide bonds. The lowest BCUT2D eigenvalue weighted by atomic mass is 9.90. The summed E-state index contributed by atoms with van der Waals surface area (Å²) in [5.74, 6) is -1.33. The minimum Gasteiger partial charge on any atom is -0.481 e. The fourth-order valence-corrected chi connectivity index (χ4v) is 3.17. The summed E-state index contributed by atoms with van der Waals surface area (Å²) in [7, 11) is -3.31. The quantitative estimate of drug-likeness (QED) is 0.825. The molecule has 0 saturated carbocycles. The van der Waals surface area contributed by atoms with Crippen molar-refractivity contribution in [2.24, 2.45) is 5.41 Å². The van der Waals surface area contributed by atoms with Gasteiger partial charge < -0.3 is 10.4 Å². The van der Waals surface area contributed by atoms with Crippen LogP contribution in [0.3, 0.4) is 0 Å². The molecule has 112 valence electrons. The number of rotatable bonds is 6. The third kappa shape index (κ3) is 4.31. The molecule has 6 nitrogen and oxygen atoms in total. The van der Waals surface area contributed by atoms with Crippen LogP contribution < -0.4 is 5.32 Å². The van der Waals surface area contributed by atoms with Crippen LogP contribution in [0, 0.1) is 5.41 Å². The molecule has 0 aliphatic carbocycles. The van der Waals surface area contributed by atoms with Crippen molar-refractivity contribution < 1.29 is 23.1 Å². The van der Waals surface area contributed by atoms with E-state index in [1.165, 1.54) is 12.1 Å². The highest BCUT2D eigenvalue weighted by molar-refractivity contribution is 7.92. The summed E-state index contributed by atoms with van der Waals surface area (Å²) in [6, 6.07) is 2.83. The van der Waals surface area contributed by atoms with E-state index in [1.54, 1.807) is 13.8 Å². The molecule has 20 heavy (non-hydrogen) atoms. The van der Waals surface area contributed by atoms with Crippen LogP contribution >= 0.6 is 11.3 Å². The zero-order valence-electron chi connectivity index (χ0n) is 11.5. The Hall–Kier alpha value is -1.41. The number of thiophene rings is 1. The predicted octanol–water partition coefficient (Wildman–Crippen LogP) is 1.38. The van der Waals surface area contributed by atoms with E-state index in [2.05, 4.69) is 5.32 Å². The number of aliphatic carboxylic acids is 1. The molecular weight excluding hydrogens is 302 g/mol. The number of sulfone groups is 1. The van der Waals surface area contributed by atoms with Crippen LogP contribution in [0.25, 0.3) is 0 Å². The molecular formula is C12H17NO5S2. The van der Waals surface area contributed by atoms with Gasteiger partial charge in [0.25, 0.3) is 5.91 Å². The Morgan fingerprint density at radius 3 is 2.40 bits per heavy atom. The number of carbonyl (C=O) groups is 2. The summed E-state index contributed by atoms with van der Waals surface area (Å²) in [4.78, 5) is 23.0. The summed E-state index contributed by atoms with van der Waals surface area (Å²) >= 11 is 0.896. The second kappa shape index (κ2) is 5.92. The molecule has 2 N–H and O–H groups in total. The van der Waals surface area contributed by atoms with E-state index >= 15 is 0 Å². The molecule has 1 heterocycles. The molecule has 0 spiro atoms. The minimum absolute atomic E-state index is 0.133. The van der Waals surface area contributed by atoms with Crippen molar-refractivity contribution in [3.8, 4) is 0 Å². The van der Waals surface area contributed by atoms with Gasteiger partial charge in [0.05, 0.1) is 10.3 Å². The Kier molecular flexibility index (Phi) is 4.93. The largest absolute Gasteiger partial charge is 0.481 e. The Bertz CT molecular complexity index is 616. The highest BCUT2D eigenvalue weighted by atomic mass is 32.2. The lowest BCUT2D eigenvalue weighted by Gasteiger charge is -2.18. The molecule has 0 unspecified atom stereocenters. The SMILES string of the molecule is CC(C)(CCNC(=O)c1ccc(S(C)(=O)=O)s1)C(=O)O. The highest BCUT2D eigenvalue weighted by Gasteiger charge is 2.26. The molecule has 0 bridgehead atoms. The van der Waals surface area contributed by atoms with E-state index in [0.717, 1.165) is 17.6 Å². The van der Waals surface area contributed by atoms with E-state index in [9.17, 15) is 18.0 Å². The number of carboxylic acid groups (broad SMARTS) is 1. The van der Waals surface area contributed by atoms with Gasteiger partial charge in [0.2, 0.25) is 0 Å². The highest BCUT2D eigenvalue weighted by Crippen LogP contribution is 2.22. The summed E-state index contributed by atoms with van der Waals surface area (Å²) < 4.78 is 22.7. The third-order valence-corrected chi connectivity index (χ3v) is 5.69. The normalized spacial score (nSPS) is 12.2. The Morgan fingerprint density at radius 1 is 1.35 bits per heavy atom. The molecule has 1 aromatic heterocycles. The van der Waals surface area contributed by atoms with Crippen molar-refractivity contribution >= 4 is 33.1 Å². The number of hydrogen-bond acceptors (Lipinski definition) is 5. The fraction of sp³-hybridized carbons (Fsp3) is 0.500. The van der Waals surface area contributed by atoms with Gasteiger partial charge in [-0.1, -0.05) is 0 Å². The Balaban J connectivity index is 2.61. The van der Waals surface area contributed by atoms with Gasteiger partial charge >= 0.3 is 5.97 Å². The summed E-state index contributed by atoms with van der Waals surface area (Å²) in [6.45, 7) is 3.37. The van der Waals surface area contributed by atoms with Crippen LogP contribution in [0.1, 0.15) is 29.9 Å². The van der Waals surface area contributed by atoms with Crippen molar-refractivity contribution in [3.05, 3.63) is 17.0 Å². The average Bonchev–Trinajstić information content (AvgIpc) is 2.77. The first kappa shape index (κ1) is 16.6. The number of carboxylic acids is 1. The molecule has 0 fully saturated rings. The van der Waals surface area contributed by atoms with Gasteiger partial charge in [0, 0.05) is 12.8 Å². The van der Waals surface area contributed by atoms with Crippen LogP contribution in [0.5, 0.6) is 0 Å². The van der Waals surface area contributed by atoms with E-state index < -0.39 is 27.1 Å². The first-order valence-electron chi connectivity index (χ1n) is 5.85. The summed E-state index contributed by atoms with van der Waals surface area (Å²) in [5.41, 5.74) is -0.916. The van der Waals surface area contributed by atoms with E-state index in [4.69, 9.17) is 5.11 Å². The number of amides is 1. The second-order valence-corrected chi connectivity index (χ2v) is 8.41. The van der Waals surface area contributed by atoms with Gasteiger partial charge in [-0.2, -0.15) is 0 Å². The van der Waals surface area contributed by atoms with E-state index in [1.807, 2.05) is 0 Å². The van der Waals surface area contributed by atoms with Crippen molar-refractivity contribution in [2.45, 2.75) is 24.5 Å². The standard InChI is InChI=1S/C12H17NO5S2/c1-12(2,11(15)16)6-7-13-10(14)8-4-5-9(19-8)20(3,17)18/h4-5H,6-7H2,1-3H3,(H,13,14)(H,15,16). The first-order chi connectivity index (χ1) is 9.04. The molecule has 0 saturated heterocycles. The van der Waals surface area contributed by atoms with E-state index in [0.29, 0.717) is 11.3 Å². The Morgan fingerprint density at radius 2 is 1.95 bits per heavy atom. The third-order valence-electron chi connectivity index (χ3n) is 2.79. The second-order valence-electron chi connectivity index (χ2n) is 5.09. The average molecular weight is 319 g/mol. The lowest BCUT2D eigenvalue weighted by Crippen LogP contribution is -2.31. The van der Waals surface area contributed by atoms with Crippen LogP contribution in [-0.2, 0) is 14.6 Å². The Labute approximate surface area is 121 Å². The van der Waals surface area contributed by atoms with Gasteiger partial charge in [0.15, 0.2) is 9.84 Å². The molecule has 0 aliphatic heterocycles. The molecule has 1 aromatic rings. The summed E-state index contributed by atoms with van der Waals surface area (Å²) in [5, 5.41) is 11.5. The van der Waals surface area contributed by atoms with Crippen LogP contribution in [0.4, 0.5) is 0 Å². The molecule has 8 heteroatoms. The zero-order chi connectivity index (χ0) is 15.6. The van der Waals surface area contributed by atoms with Crippen LogP contribution in [0.15, 0.2) is 16.3 Å². The number of carbonyl (C=O) groups excluding carboxylic acids is 1. The van der Waals surface area contributed by atoms with Gasteiger partial charge in [0.1, 0.15) is 4.21 Å². The molecule has 0 atom stereocenters. The first-order valence-corrected chi connectivity index (χ1v) is 8.56. The van der Waals surface area contributed by atoms with Crippen molar-refractivity contribution in [2.75, 3.05) is 12.8 Å². The molecule has 0 radical (unpaired) electrons. The van der Waals surface area contributed by atoms with Gasteiger partial charge in [-0.3, -0.25) is 9.59 Å². The van der Waals surface area contributed by atoms with Gasteiger partial charge in [-0.25, -0.2) is 8.42 Å². The number of hydrogen-bond donors (Lipinski definition) is 2. The van der Waals surface area contributed by atoms with E-state index in [-0.39, 0.29) is 10.8 Å². The topological polar surface area (TPSA) is 101 Å². The molecule has 0 aliphatic rings. The number of nitrogens with one attached hydrogen (secondary N) is 1. The minimum atomic E-state index is -3.31.